The Kier molecular flexibility index (Phi) is 5.51. The molecular formula is C20H21NO5S. The number of ether oxygens (including phenoxy) is 1. The smallest absolute Gasteiger partial charge is 0.328 e. The molecule has 2 aromatic carbocycles. The van der Waals surface area contributed by atoms with Crippen LogP contribution in [0.4, 0.5) is 5.69 Å². The molecule has 0 aliphatic heterocycles. The van der Waals surface area contributed by atoms with Crippen LogP contribution in [0.25, 0.3) is 6.08 Å². The van der Waals surface area contributed by atoms with Gasteiger partial charge in [-0.2, -0.15) is 0 Å². The average Bonchev–Trinajstić information content (AvgIpc) is 2.66. The molecule has 0 saturated heterocycles. The average molecular weight is 387 g/mol. The Morgan fingerprint density at radius 1 is 1.19 bits per heavy atom. The fourth-order valence-electron chi connectivity index (χ4n) is 3.25. The van der Waals surface area contributed by atoms with Crippen LogP contribution in [0.2, 0.25) is 0 Å². The van der Waals surface area contributed by atoms with Gasteiger partial charge in [0.15, 0.2) is 0 Å². The summed E-state index contributed by atoms with van der Waals surface area (Å²) in [6, 6.07) is 10.2. The van der Waals surface area contributed by atoms with Crippen molar-refractivity contribution in [3.63, 3.8) is 0 Å². The van der Waals surface area contributed by atoms with E-state index in [0.717, 1.165) is 37.3 Å². The van der Waals surface area contributed by atoms with E-state index in [1.54, 1.807) is 12.1 Å². The molecule has 27 heavy (non-hydrogen) atoms. The van der Waals surface area contributed by atoms with Crippen molar-refractivity contribution in [2.45, 2.75) is 30.6 Å². The molecule has 0 aromatic heterocycles. The van der Waals surface area contributed by atoms with Gasteiger partial charge in [0.25, 0.3) is 10.0 Å². The molecule has 7 heteroatoms. The number of benzene rings is 2. The number of sulfonamides is 1. The SMILES string of the molecule is COc1ccc(/C=C/C(=O)O)cc1S(=O)(=O)Nc1cccc2c1CCCC2. The second kappa shape index (κ2) is 7.84. The molecule has 1 aliphatic carbocycles. The Morgan fingerprint density at radius 3 is 2.70 bits per heavy atom. The second-order valence-corrected chi connectivity index (χ2v) is 7.99. The topological polar surface area (TPSA) is 92.7 Å². The van der Waals surface area contributed by atoms with E-state index in [-0.39, 0.29) is 10.6 Å². The van der Waals surface area contributed by atoms with Crippen molar-refractivity contribution < 1.29 is 23.1 Å². The van der Waals surface area contributed by atoms with Crippen LogP contribution in [0.15, 0.2) is 47.4 Å². The molecule has 0 saturated carbocycles. The van der Waals surface area contributed by atoms with Crippen molar-refractivity contribution in [1.82, 2.24) is 0 Å². The fraction of sp³-hybridized carbons (Fsp3) is 0.250. The van der Waals surface area contributed by atoms with Crippen molar-refractivity contribution >= 4 is 27.8 Å². The summed E-state index contributed by atoms with van der Waals surface area (Å²) in [4.78, 5) is 10.7. The van der Waals surface area contributed by atoms with E-state index in [2.05, 4.69) is 4.72 Å². The third-order valence-electron chi connectivity index (χ3n) is 4.54. The van der Waals surface area contributed by atoms with Gasteiger partial charge in [0.05, 0.1) is 12.8 Å². The van der Waals surface area contributed by atoms with E-state index in [1.807, 2.05) is 12.1 Å². The first-order chi connectivity index (χ1) is 12.9. The zero-order valence-electron chi connectivity index (χ0n) is 14.9. The first kappa shape index (κ1) is 19.0. The lowest BCUT2D eigenvalue weighted by Gasteiger charge is -2.20. The number of methoxy groups -OCH3 is 1. The molecule has 142 valence electrons. The van der Waals surface area contributed by atoms with Gasteiger partial charge in [-0.3, -0.25) is 4.72 Å². The summed E-state index contributed by atoms with van der Waals surface area (Å²) in [7, 11) is -2.51. The van der Waals surface area contributed by atoms with Crippen molar-refractivity contribution in [2.75, 3.05) is 11.8 Å². The minimum absolute atomic E-state index is 0.0362. The van der Waals surface area contributed by atoms with Gasteiger partial charge in [-0.25, -0.2) is 13.2 Å². The predicted molar refractivity (Wildman–Crippen MR) is 104 cm³/mol. The maximum Gasteiger partial charge on any atom is 0.328 e. The summed E-state index contributed by atoms with van der Waals surface area (Å²) in [6.07, 6.45) is 6.22. The highest BCUT2D eigenvalue weighted by molar-refractivity contribution is 7.92. The maximum atomic E-state index is 13.0. The summed E-state index contributed by atoms with van der Waals surface area (Å²) in [5, 5.41) is 8.77. The number of aliphatic carboxylic acids is 1. The normalized spacial score (nSPS) is 14.0. The number of carboxylic acid groups (broad SMARTS) is 1. The fourth-order valence-corrected chi connectivity index (χ4v) is 4.55. The third kappa shape index (κ3) is 4.31. The number of rotatable bonds is 6. The summed E-state index contributed by atoms with van der Waals surface area (Å²) in [5.74, 6) is -0.913. The lowest BCUT2D eigenvalue weighted by molar-refractivity contribution is -0.131. The van der Waals surface area contributed by atoms with Crippen molar-refractivity contribution in [2.24, 2.45) is 0 Å². The van der Waals surface area contributed by atoms with Crippen LogP contribution in [-0.2, 0) is 27.7 Å². The molecule has 0 atom stereocenters. The van der Waals surface area contributed by atoms with Crippen LogP contribution >= 0.6 is 0 Å². The van der Waals surface area contributed by atoms with Gasteiger partial charge < -0.3 is 9.84 Å². The Hall–Kier alpha value is -2.80. The van der Waals surface area contributed by atoms with Crippen LogP contribution < -0.4 is 9.46 Å². The van der Waals surface area contributed by atoms with Crippen LogP contribution in [0.5, 0.6) is 5.75 Å². The molecule has 3 rings (SSSR count). The molecule has 1 aliphatic rings. The minimum atomic E-state index is -3.91. The number of hydrogen-bond donors (Lipinski definition) is 2. The Morgan fingerprint density at radius 2 is 1.96 bits per heavy atom. The van der Waals surface area contributed by atoms with Crippen molar-refractivity contribution in [1.29, 1.82) is 0 Å². The van der Waals surface area contributed by atoms with E-state index >= 15 is 0 Å². The first-order valence-electron chi connectivity index (χ1n) is 8.63. The standard InChI is InChI=1S/C20H21NO5S/c1-26-18-11-9-14(10-12-20(22)23)13-19(18)27(24,25)21-17-8-4-6-15-5-2-3-7-16(15)17/h4,6,8-13,21H,2-3,5,7H2,1H3,(H,22,23)/b12-10+. The van der Waals surface area contributed by atoms with Crippen molar-refractivity contribution in [3.05, 3.63) is 59.2 Å². The maximum absolute atomic E-state index is 13.0. The molecular weight excluding hydrogens is 366 g/mol. The first-order valence-corrected chi connectivity index (χ1v) is 10.1. The van der Waals surface area contributed by atoms with Crippen LogP contribution in [0, 0.1) is 0 Å². The summed E-state index contributed by atoms with van der Waals surface area (Å²) in [6.45, 7) is 0. The van der Waals surface area contributed by atoms with Gasteiger partial charge in [-0.15, -0.1) is 0 Å². The van der Waals surface area contributed by atoms with Crippen molar-refractivity contribution in [3.8, 4) is 5.75 Å². The number of aryl methyl sites for hydroxylation is 1. The Labute approximate surface area is 158 Å². The number of fused-ring (bicyclic) bond motifs is 1. The summed E-state index contributed by atoms with van der Waals surface area (Å²) in [5.41, 5.74) is 3.24. The molecule has 0 spiro atoms. The summed E-state index contributed by atoms with van der Waals surface area (Å²) >= 11 is 0. The molecule has 0 radical (unpaired) electrons. The van der Waals surface area contributed by atoms with Gasteiger partial charge in [0.2, 0.25) is 0 Å². The van der Waals surface area contributed by atoms with Gasteiger partial charge >= 0.3 is 5.97 Å². The summed E-state index contributed by atoms with van der Waals surface area (Å²) < 4.78 is 33.9. The van der Waals surface area contributed by atoms with E-state index in [4.69, 9.17) is 9.84 Å². The molecule has 0 bridgehead atoms. The lowest BCUT2D eigenvalue weighted by atomic mass is 9.91. The van der Waals surface area contributed by atoms with Gasteiger partial charge in [0, 0.05) is 6.08 Å². The monoisotopic (exact) mass is 387 g/mol. The minimum Gasteiger partial charge on any atom is -0.495 e. The van der Waals surface area contributed by atoms with E-state index in [0.29, 0.717) is 11.3 Å². The van der Waals surface area contributed by atoms with E-state index in [9.17, 15) is 13.2 Å². The van der Waals surface area contributed by atoms with Gasteiger partial charge in [0.1, 0.15) is 10.6 Å². The second-order valence-electron chi connectivity index (χ2n) is 6.34. The lowest BCUT2D eigenvalue weighted by Crippen LogP contribution is -2.17. The number of anilines is 1. The van der Waals surface area contributed by atoms with Crippen LogP contribution in [-0.4, -0.2) is 26.6 Å². The highest BCUT2D eigenvalue weighted by atomic mass is 32.2. The highest BCUT2D eigenvalue weighted by Gasteiger charge is 2.22. The molecule has 0 heterocycles. The molecule has 0 fully saturated rings. The van der Waals surface area contributed by atoms with E-state index < -0.39 is 16.0 Å². The molecule has 0 unspecified atom stereocenters. The predicted octanol–water partition coefficient (Wildman–Crippen LogP) is 3.47. The van der Waals surface area contributed by atoms with Crippen LogP contribution in [0.3, 0.4) is 0 Å². The molecule has 2 aromatic rings. The number of carboxylic acids is 1. The van der Waals surface area contributed by atoms with Gasteiger partial charge in [-0.1, -0.05) is 18.2 Å². The molecule has 6 nitrogen and oxygen atoms in total. The number of hydrogen-bond acceptors (Lipinski definition) is 4. The quantitative estimate of drug-likeness (QED) is 0.741. The zero-order chi connectivity index (χ0) is 19.4. The highest BCUT2D eigenvalue weighted by Crippen LogP contribution is 2.32. The van der Waals surface area contributed by atoms with E-state index in [1.165, 1.54) is 30.9 Å². The van der Waals surface area contributed by atoms with Crippen LogP contribution in [0.1, 0.15) is 29.5 Å². The third-order valence-corrected chi connectivity index (χ3v) is 5.92. The molecule has 0 amide bonds. The largest absolute Gasteiger partial charge is 0.495 e. The molecule has 2 N–H and O–H groups in total. The number of carbonyl (C=O) groups is 1. The van der Waals surface area contributed by atoms with Gasteiger partial charge in [-0.05, 0) is 66.6 Å². The Bertz CT molecular complexity index is 995. The number of nitrogens with one attached hydrogen (secondary N) is 1. The Balaban J connectivity index is 1.99. The zero-order valence-corrected chi connectivity index (χ0v) is 15.8.